The Labute approximate surface area is 84.0 Å². The second-order valence-electron chi connectivity index (χ2n) is 3.60. The van der Waals surface area contributed by atoms with Gasteiger partial charge >= 0.3 is 5.97 Å². The first kappa shape index (κ1) is 11.4. The Morgan fingerprint density at radius 1 is 1.71 bits per heavy atom. The van der Waals surface area contributed by atoms with E-state index in [2.05, 4.69) is 17.3 Å². The van der Waals surface area contributed by atoms with Crippen LogP contribution in [0.4, 0.5) is 0 Å². The standard InChI is InChI=1S/C9H18N2O3/c1-11-4-5-14-8(7-11)6-10-3-2-9(12)13/h8,10H,2-7H2,1H3,(H,12,13)/t8-/m1/s1. The number of carboxylic acid groups (broad SMARTS) is 1. The Bertz CT molecular complexity index is 187. The average molecular weight is 202 g/mol. The highest BCUT2D eigenvalue weighted by Gasteiger charge is 2.16. The molecule has 0 radical (unpaired) electrons. The summed E-state index contributed by atoms with van der Waals surface area (Å²) >= 11 is 0. The summed E-state index contributed by atoms with van der Waals surface area (Å²) in [6, 6.07) is 0. The zero-order chi connectivity index (χ0) is 10.4. The summed E-state index contributed by atoms with van der Waals surface area (Å²) in [5.74, 6) is -0.765. The van der Waals surface area contributed by atoms with Crippen LogP contribution in [0.2, 0.25) is 0 Å². The van der Waals surface area contributed by atoms with Crippen molar-refractivity contribution in [2.24, 2.45) is 0 Å². The smallest absolute Gasteiger partial charge is 0.304 e. The Morgan fingerprint density at radius 2 is 2.50 bits per heavy atom. The van der Waals surface area contributed by atoms with Gasteiger partial charge in [-0.15, -0.1) is 0 Å². The van der Waals surface area contributed by atoms with Crippen LogP contribution in [0.1, 0.15) is 6.42 Å². The molecule has 1 saturated heterocycles. The van der Waals surface area contributed by atoms with Crippen LogP contribution >= 0.6 is 0 Å². The fourth-order valence-corrected chi connectivity index (χ4v) is 1.45. The predicted octanol–water partition coefficient (Wildman–Crippen LogP) is -0.619. The molecule has 2 N–H and O–H groups in total. The third-order valence-corrected chi connectivity index (χ3v) is 2.23. The summed E-state index contributed by atoms with van der Waals surface area (Å²) in [5.41, 5.74) is 0. The molecule has 0 amide bonds. The topological polar surface area (TPSA) is 61.8 Å². The number of nitrogens with zero attached hydrogens (tertiary/aromatic N) is 1. The number of carbonyl (C=O) groups is 1. The van der Waals surface area contributed by atoms with E-state index in [0.29, 0.717) is 6.54 Å². The fourth-order valence-electron chi connectivity index (χ4n) is 1.45. The quantitative estimate of drug-likeness (QED) is 0.582. The van der Waals surface area contributed by atoms with Gasteiger partial charge in [0.1, 0.15) is 0 Å². The van der Waals surface area contributed by atoms with Crippen LogP contribution in [0.25, 0.3) is 0 Å². The maximum absolute atomic E-state index is 10.2. The Morgan fingerprint density at radius 3 is 3.14 bits per heavy atom. The average Bonchev–Trinajstić information content (AvgIpc) is 2.12. The SMILES string of the molecule is CN1CCO[C@H](CNCCC(=O)O)C1. The van der Waals surface area contributed by atoms with E-state index in [-0.39, 0.29) is 12.5 Å². The summed E-state index contributed by atoms with van der Waals surface area (Å²) in [6.45, 7) is 3.91. The molecule has 0 aromatic carbocycles. The number of likely N-dealkylation sites (N-methyl/N-ethyl adjacent to an activating group) is 1. The van der Waals surface area contributed by atoms with E-state index in [0.717, 1.165) is 26.2 Å². The number of nitrogens with one attached hydrogen (secondary N) is 1. The first-order valence-corrected chi connectivity index (χ1v) is 4.91. The summed E-state index contributed by atoms with van der Waals surface area (Å²) < 4.78 is 5.50. The van der Waals surface area contributed by atoms with Gasteiger partial charge in [-0.2, -0.15) is 0 Å². The number of hydrogen-bond donors (Lipinski definition) is 2. The molecule has 1 fully saturated rings. The molecule has 1 aliphatic rings. The molecular weight excluding hydrogens is 184 g/mol. The lowest BCUT2D eigenvalue weighted by atomic mass is 10.3. The molecule has 0 unspecified atom stereocenters. The molecule has 1 heterocycles. The molecule has 1 aliphatic heterocycles. The van der Waals surface area contributed by atoms with Crippen molar-refractivity contribution < 1.29 is 14.6 Å². The largest absolute Gasteiger partial charge is 0.481 e. The predicted molar refractivity (Wildman–Crippen MR) is 52.4 cm³/mol. The third-order valence-electron chi connectivity index (χ3n) is 2.23. The van der Waals surface area contributed by atoms with Gasteiger partial charge in [-0.1, -0.05) is 0 Å². The summed E-state index contributed by atoms with van der Waals surface area (Å²) in [6.07, 6.45) is 0.366. The molecular formula is C9H18N2O3. The lowest BCUT2D eigenvalue weighted by Crippen LogP contribution is -2.45. The minimum Gasteiger partial charge on any atom is -0.481 e. The zero-order valence-electron chi connectivity index (χ0n) is 8.53. The van der Waals surface area contributed by atoms with Crippen LogP contribution < -0.4 is 5.32 Å². The first-order chi connectivity index (χ1) is 6.68. The van der Waals surface area contributed by atoms with E-state index in [1.54, 1.807) is 0 Å². The third kappa shape index (κ3) is 4.55. The normalized spacial score (nSPS) is 23.6. The van der Waals surface area contributed by atoms with Crippen molar-refractivity contribution in [3.8, 4) is 0 Å². The molecule has 0 saturated carbocycles. The van der Waals surface area contributed by atoms with Crippen LogP contribution in [0.15, 0.2) is 0 Å². The zero-order valence-corrected chi connectivity index (χ0v) is 8.53. The Balaban J connectivity index is 2.03. The van der Waals surface area contributed by atoms with Crippen molar-refractivity contribution in [1.29, 1.82) is 0 Å². The number of rotatable bonds is 5. The van der Waals surface area contributed by atoms with Crippen LogP contribution in [0.3, 0.4) is 0 Å². The number of ether oxygens (including phenoxy) is 1. The van der Waals surface area contributed by atoms with Crippen molar-refractivity contribution in [2.75, 3.05) is 39.8 Å². The van der Waals surface area contributed by atoms with Gasteiger partial charge in [-0.25, -0.2) is 0 Å². The van der Waals surface area contributed by atoms with Gasteiger partial charge in [0.15, 0.2) is 0 Å². The minimum atomic E-state index is -0.765. The number of morpholine rings is 1. The lowest BCUT2D eigenvalue weighted by Gasteiger charge is -2.30. The highest BCUT2D eigenvalue weighted by molar-refractivity contribution is 5.66. The number of carboxylic acids is 1. The van der Waals surface area contributed by atoms with Gasteiger partial charge in [0.25, 0.3) is 0 Å². The number of hydrogen-bond acceptors (Lipinski definition) is 4. The molecule has 0 aliphatic carbocycles. The fraction of sp³-hybridized carbons (Fsp3) is 0.889. The maximum Gasteiger partial charge on any atom is 0.304 e. The van der Waals surface area contributed by atoms with Gasteiger partial charge in [0.05, 0.1) is 19.1 Å². The van der Waals surface area contributed by atoms with E-state index >= 15 is 0 Å². The van der Waals surface area contributed by atoms with Gasteiger partial charge < -0.3 is 20.1 Å². The van der Waals surface area contributed by atoms with E-state index in [9.17, 15) is 4.79 Å². The molecule has 1 rings (SSSR count). The highest BCUT2D eigenvalue weighted by atomic mass is 16.5. The summed E-state index contributed by atoms with van der Waals surface area (Å²) in [7, 11) is 2.06. The van der Waals surface area contributed by atoms with Gasteiger partial charge in [0.2, 0.25) is 0 Å². The monoisotopic (exact) mass is 202 g/mol. The van der Waals surface area contributed by atoms with Crippen molar-refractivity contribution in [3.05, 3.63) is 0 Å². The molecule has 5 heteroatoms. The summed E-state index contributed by atoms with van der Waals surface area (Å²) in [4.78, 5) is 12.4. The van der Waals surface area contributed by atoms with Crippen molar-refractivity contribution in [2.45, 2.75) is 12.5 Å². The Kier molecular flexibility index (Phi) is 4.86. The van der Waals surface area contributed by atoms with Crippen LogP contribution in [0.5, 0.6) is 0 Å². The minimum absolute atomic E-state index is 0.169. The first-order valence-electron chi connectivity index (χ1n) is 4.91. The highest BCUT2D eigenvalue weighted by Crippen LogP contribution is 2.01. The maximum atomic E-state index is 10.2. The molecule has 0 bridgehead atoms. The molecule has 0 spiro atoms. The second kappa shape index (κ2) is 5.95. The second-order valence-corrected chi connectivity index (χ2v) is 3.60. The van der Waals surface area contributed by atoms with E-state index in [1.165, 1.54) is 0 Å². The number of aliphatic carboxylic acids is 1. The van der Waals surface area contributed by atoms with Gasteiger partial charge in [-0.05, 0) is 7.05 Å². The Hall–Kier alpha value is -0.650. The van der Waals surface area contributed by atoms with Gasteiger partial charge in [-0.3, -0.25) is 4.79 Å². The van der Waals surface area contributed by atoms with E-state index in [1.807, 2.05) is 0 Å². The molecule has 82 valence electrons. The van der Waals surface area contributed by atoms with Crippen LogP contribution in [0, 0.1) is 0 Å². The molecule has 1 atom stereocenters. The van der Waals surface area contributed by atoms with E-state index < -0.39 is 5.97 Å². The lowest BCUT2D eigenvalue weighted by molar-refractivity contribution is -0.136. The van der Waals surface area contributed by atoms with Crippen molar-refractivity contribution >= 4 is 5.97 Å². The molecule has 14 heavy (non-hydrogen) atoms. The van der Waals surface area contributed by atoms with Crippen LogP contribution in [-0.2, 0) is 9.53 Å². The molecule has 0 aromatic heterocycles. The van der Waals surface area contributed by atoms with Crippen molar-refractivity contribution in [3.63, 3.8) is 0 Å². The van der Waals surface area contributed by atoms with Crippen molar-refractivity contribution in [1.82, 2.24) is 10.2 Å². The van der Waals surface area contributed by atoms with E-state index in [4.69, 9.17) is 9.84 Å². The molecule has 5 nitrogen and oxygen atoms in total. The van der Waals surface area contributed by atoms with Crippen LogP contribution in [-0.4, -0.2) is 61.9 Å². The molecule has 0 aromatic rings. The van der Waals surface area contributed by atoms with Gasteiger partial charge in [0, 0.05) is 26.2 Å². The summed E-state index contributed by atoms with van der Waals surface area (Å²) in [5, 5.41) is 11.5.